The third-order valence-electron chi connectivity index (χ3n) is 3.24. The van der Waals surface area contributed by atoms with Gasteiger partial charge in [0.25, 0.3) is 0 Å². The van der Waals surface area contributed by atoms with Gasteiger partial charge in [-0.3, -0.25) is 5.43 Å². The highest BCUT2D eigenvalue weighted by atomic mass is 32.2. The molecule has 0 amide bonds. The number of nitrogen functional groups attached to an aromatic ring is 1. The number of hydrogen-bond donors (Lipinski definition) is 2. The Labute approximate surface area is 112 Å². The maximum absolute atomic E-state index is 12.4. The minimum Gasteiger partial charge on any atom is -0.377 e. The number of aromatic nitrogens is 2. The van der Waals surface area contributed by atoms with Gasteiger partial charge in [-0.25, -0.2) is 24.2 Å². The number of ether oxygens (including phenoxy) is 1. The Balaban J connectivity index is 2.25. The number of likely N-dealkylation sites (N-methyl/N-ethyl adjacent to an activating group) is 1. The van der Waals surface area contributed by atoms with Crippen molar-refractivity contribution in [1.29, 1.82) is 0 Å². The Hall–Kier alpha value is -1.29. The van der Waals surface area contributed by atoms with Gasteiger partial charge in [0.1, 0.15) is 4.90 Å². The molecule has 0 bridgehead atoms. The summed E-state index contributed by atoms with van der Waals surface area (Å²) in [6.07, 6.45) is 3.02. The average Bonchev–Trinajstić information content (AvgIpc) is 2.84. The highest BCUT2D eigenvalue weighted by Crippen LogP contribution is 2.24. The SMILES string of the molecule is CC1OCCC1N(C)S(=O)(=O)c1cnc(NN)nc1. The van der Waals surface area contributed by atoms with E-state index in [2.05, 4.69) is 15.4 Å². The lowest BCUT2D eigenvalue weighted by molar-refractivity contribution is 0.102. The molecule has 1 aliphatic heterocycles. The summed E-state index contributed by atoms with van der Waals surface area (Å²) in [5.41, 5.74) is 2.25. The molecule has 2 atom stereocenters. The zero-order valence-corrected chi connectivity index (χ0v) is 11.6. The van der Waals surface area contributed by atoms with Crippen molar-refractivity contribution in [2.45, 2.75) is 30.4 Å². The molecule has 2 heterocycles. The molecule has 106 valence electrons. The third-order valence-corrected chi connectivity index (χ3v) is 5.07. The second-order valence-corrected chi connectivity index (χ2v) is 6.34. The number of nitrogens with two attached hydrogens (primary N) is 1. The second kappa shape index (κ2) is 5.37. The van der Waals surface area contributed by atoms with Gasteiger partial charge in [0.05, 0.1) is 24.5 Å². The van der Waals surface area contributed by atoms with Crippen molar-refractivity contribution in [2.24, 2.45) is 5.84 Å². The van der Waals surface area contributed by atoms with Gasteiger partial charge in [-0.2, -0.15) is 4.31 Å². The molecule has 1 aromatic rings. The van der Waals surface area contributed by atoms with E-state index in [4.69, 9.17) is 10.6 Å². The van der Waals surface area contributed by atoms with E-state index in [-0.39, 0.29) is 23.0 Å². The van der Waals surface area contributed by atoms with Crippen LogP contribution in [0.4, 0.5) is 5.95 Å². The molecule has 1 saturated heterocycles. The molecule has 8 nitrogen and oxygen atoms in total. The van der Waals surface area contributed by atoms with Crippen LogP contribution in [-0.2, 0) is 14.8 Å². The minimum atomic E-state index is -3.62. The van der Waals surface area contributed by atoms with E-state index in [9.17, 15) is 8.42 Å². The Morgan fingerprint density at radius 1 is 1.47 bits per heavy atom. The van der Waals surface area contributed by atoms with Gasteiger partial charge >= 0.3 is 0 Å². The lowest BCUT2D eigenvalue weighted by Gasteiger charge is -2.25. The van der Waals surface area contributed by atoms with Crippen LogP contribution in [0.1, 0.15) is 13.3 Å². The largest absolute Gasteiger partial charge is 0.377 e. The molecule has 0 aliphatic carbocycles. The molecule has 0 saturated carbocycles. The molecule has 0 spiro atoms. The first-order valence-electron chi connectivity index (χ1n) is 5.85. The molecule has 1 aromatic heterocycles. The van der Waals surface area contributed by atoms with E-state index in [1.54, 1.807) is 7.05 Å². The minimum absolute atomic E-state index is 0.0353. The van der Waals surface area contributed by atoms with Crippen LogP contribution in [-0.4, -0.2) is 48.5 Å². The van der Waals surface area contributed by atoms with Crippen LogP contribution in [0.5, 0.6) is 0 Å². The summed E-state index contributed by atoms with van der Waals surface area (Å²) in [5, 5.41) is 0. The summed E-state index contributed by atoms with van der Waals surface area (Å²) in [6, 6.07) is -0.169. The number of hydrazine groups is 1. The normalized spacial score (nSPS) is 23.8. The van der Waals surface area contributed by atoms with E-state index >= 15 is 0 Å². The fourth-order valence-electron chi connectivity index (χ4n) is 2.07. The Morgan fingerprint density at radius 2 is 2.11 bits per heavy atom. The predicted molar refractivity (Wildman–Crippen MR) is 68.6 cm³/mol. The highest BCUT2D eigenvalue weighted by Gasteiger charge is 2.35. The zero-order chi connectivity index (χ0) is 14.0. The number of sulfonamides is 1. The van der Waals surface area contributed by atoms with Gasteiger partial charge in [0, 0.05) is 13.7 Å². The van der Waals surface area contributed by atoms with Crippen molar-refractivity contribution < 1.29 is 13.2 Å². The first-order valence-corrected chi connectivity index (χ1v) is 7.29. The average molecular weight is 287 g/mol. The van der Waals surface area contributed by atoms with E-state index in [0.29, 0.717) is 13.0 Å². The molecule has 9 heteroatoms. The quantitative estimate of drug-likeness (QED) is 0.570. The molecular weight excluding hydrogens is 270 g/mol. The van der Waals surface area contributed by atoms with Crippen molar-refractivity contribution in [3.05, 3.63) is 12.4 Å². The smallest absolute Gasteiger partial charge is 0.246 e. The first-order chi connectivity index (χ1) is 8.96. The summed E-state index contributed by atoms with van der Waals surface area (Å²) in [5.74, 6) is 5.30. The number of nitrogens with zero attached hydrogens (tertiary/aromatic N) is 3. The van der Waals surface area contributed by atoms with Gasteiger partial charge in [0.2, 0.25) is 16.0 Å². The van der Waals surface area contributed by atoms with Gasteiger partial charge in [-0.1, -0.05) is 0 Å². The van der Waals surface area contributed by atoms with Crippen molar-refractivity contribution in [2.75, 3.05) is 19.1 Å². The maximum Gasteiger partial charge on any atom is 0.246 e. The van der Waals surface area contributed by atoms with Crippen molar-refractivity contribution in [1.82, 2.24) is 14.3 Å². The fourth-order valence-corrected chi connectivity index (χ4v) is 3.40. The van der Waals surface area contributed by atoms with Gasteiger partial charge in [0.15, 0.2) is 0 Å². The van der Waals surface area contributed by atoms with Crippen molar-refractivity contribution in [3.8, 4) is 0 Å². The molecule has 0 aromatic carbocycles. The maximum atomic E-state index is 12.4. The number of rotatable bonds is 4. The molecule has 2 unspecified atom stereocenters. The molecule has 3 N–H and O–H groups in total. The fraction of sp³-hybridized carbons (Fsp3) is 0.600. The van der Waals surface area contributed by atoms with Crippen molar-refractivity contribution in [3.63, 3.8) is 0 Å². The van der Waals surface area contributed by atoms with Crippen LogP contribution in [0.3, 0.4) is 0 Å². The molecular formula is C10H17N5O3S. The number of nitrogens with one attached hydrogen (secondary N) is 1. The van der Waals surface area contributed by atoms with Gasteiger partial charge in [-0.05, 0) is 13.3 Å². The third kappa shape index (κ3) is 2.68. The zero-order valence-electron chi connectivity index (χ0n) is 10.8. The van der Waals surface area contributed by atoms with E-state index in [1.807, 2.05) is 6.92 Å². The van der Waals surface area contributed by atoms with Gasteiger partial charge < -0.3 is 4.74 Å². The molecule has 0 radical (unpaired) electrons. The standard InChI is InChI=1S/C10H17N5O3S/c1-7-9(3-4-18-7)15(2)19(16,17)8-5-12-10(14-11)13-6-8/h5-7,9H,3-4,11H2,1-2H3,(H,12,13,14). The highest BCUT2D eigenvalue weighted by molar-refractivity contribution is 7.89. The second-order valence-electron chi connectivity index (χ2n) is 4.34. The van der Waals surface area contributed by atoms with Gasteiger partial charge in [-0.15, -0.1) is 0 Å². The van der Waals surface area contributed by atoms with Crippen LogP contribution < -0.4 is 11.3 Å². The lowest BCUT2D eigenvalue weighted by Crippen LogP contribution is -2.41. The monoisotopic (exact) mass is 287 g/mol. The Morgan fingerprint density at radius 3 is 2.58 bits per heavy atom. The molecule has 1 aliphatic rings. The summed E-state index contributed by atoms with van der Waals surface area (Å²) < 4.78 is 31.5. The predicted octanol–water partition coefficient (Wildman–Crippen LogP) is -0.440. The number of hydrogen-bond acceptors (Lipinski definition) is 7. The van der Waals surface area contributed by atoms with Crippen LogP contribution >= 0.6 is 0 Å². The topological polar surface area (TPSA) is 110 Å². The Bertz CT molecular complexity index is 533. The summed E-state index contributed by atoms with van der Waals surface area (Å²) in [6.45, 7) is 2.43. The van der Waals surface area contributed by atoms with Crippen LogP contribution in [0.2, 0.25) is 0 Å². The van der Waals surface area contributed by atoms with Crippen molar-refractivity contribution >= 4 is 16.0 Å². The van der Waals surface area contributed by atoms with Crippen LogP contribution in [0, 0.1) is 0 Å². The van der Waals surface area contributed by atoms with Crippen LogP contribution in [0.15, 0.2) is 17.3 Å². The van der Waals surface area contributed by atoms with Crippen LogP contribution in [0.25, 0.3) is 0 Å². The summed E-state index contributed by atoms with van der Waals surface area (Å²) >= 11 is 0. The Kier molecular flexibility index (Phi) is 3.99. The molecule has 1 fully saturated rings. The molecule has 19 heavy (non-hydrogen) atoms. The van der Waals surface area contributed by atoms with E-state index < -0.39 is 10.0 Å². The first kappa shape index (κ1) is 14.1. The van der Waals surface area contributed by atoms with E-state index in [0.717, 1.165) is 0 Å². The summed E-state index contributed by atoms with van der Waals surface area (Å²) in [4.78, 5) is 7.65. The summed E-state index contributed by atoms with van der Waals surface area (Å²) in [7, 11) is -2.08. The number of anilines is 1. The lowest BCUT2D eigenvalue weighted by atomic mass is 10.2. The molecule has 2 rings (SSSR count). The van der Waals surface area contributed by atoms with E-state index in [1.165, 1.54) is 16.7 Å².